The first-order valence-electron chi connectivity index (χ1n) is 13.5. The van der Waals surface area contributed by atoms with Crippen LogP contribution in [0, 0.1) is 0 Å². The molecule has 5 nitrogen and oxygen atoms in total. The SMILES string of the molecule is O/N=C(/c1ccc(Br)cc1)c1n2ccc3ccccc3c2c(NC2CCCCC2)[n+]1C1CCCCC1.[Cl-]. The van der Waals surface area contributed by atoms with Crippen LogP contribution >= 0.6 is 15.9 Å². The first-order chi connectivity index (χ1) is 17.7. The van der Waals surface area contributed by atoms with Crippen LogP contribution in [0.1, 0.15) is 81.6 Å². The van der Waals surface area contributed by atoms with Gasteiger partial charge >= 0.3 is 0 Å². The molecule has 0 aliphatic heterocycles. The highest BCUT2D eigenvalue weighted by Gasteiger charge is 2.36. The first-order valence-corrected chi connectivity index (χ1v) is 14.3. The van der Waals surface area contributed by atoms with Crippen LogP contribution in [-0.4, -0.2) is 21.4 Å². The average Bonchev–Trinajstić information content (AvgIpc) is 3.25. The van der Waals surface area contributed by atoms with E-state index in [1.807, 2.05) is 24.3 Å². The number of hydrogen-bond acceptors (Lipinski definition) is 3. The Balaban J connectivity index is 0.00000280. The molecule has 2 aliphatic carbocycles. The van der Waals surface area contributed by atoms with Gasteiger partial charge in [-0.05, 0) is 62.1 Å². The number of benzene rings is 2. The number of rotatable bonds is 5. The Morgan fingerprint density at radius 3 is 2.27 bits per heavy atom. The summed E-state index contributed by atoms with van der Waals surface area (Å²) >= 11 is 3.55. The molecule has 7 heteroatoms. The number of fused-ring (bicyclic) bond motifs is 3. The van der Waals surface area contributed by atoms with E-state index in [0.717, 1.165) is 28.7 Å². The monoisotopic (exact) mass is 580 g/mol. The van der Waals surface area contributed by atoms with Gasteiger partial charge in [0, 0.05) is 15.4 Å². The predicted octanol–water partition coefficient (Wildman–Crippen LogP) is 4.62. The molecule has 2 aliphatic rings. The Morgan fingerprint density at radius 1 is 0.892 bits per heavy atom. The van der Waals surface area contributed by atoms with Crippen LogP contribution in [0.15, 0.2) is 70.4 Å². The lowest BCUT2D eigenvalue weighted by Crippen LogP contribution is -3.00. The molecule has 2 saturated carbocycles. The topological polar surface area (TPSA) is 52.9 Å². The maximum atomic E-state index is 10.5. The summed E-state index contributed by atoms with van der Waals surface area (Å²) in [5, 5.41) is 20.9. The van der Waals surface area contributed by atoms with Gasteiger partial charge in [0.05, 0.1) is 18.3 Å². The molecule has 2 fully saturated rings. The largest absolute Gasteiger partial charge is 1.00 e. The van der Waals surface area contributed by atoms with Crippen molar-refractivity contribution < 1.29 is 22.2 Å². The minimum atomic E-state index is 0. The molecule has 6 rings (SSSR count). The van der Waals surface area contributed by atoms with Crippen molar-refractivity contribution in [1.82, 2.24) is 4.40 Å². The highest BCUT2D eigenvalue weighted by atomic mass is 79.9. The molecule has 4 aromatic rings. The van der Waals surface area contributed by atoms with Crippen molar-refractivity contribution >= 4 is 43.7 Å². The normalized spacial score (nSPS) is 17.7. The number of nitrogens with zero attached hydrogens (tertiary/aromatic N) is 3. The zero-order chi connectivity index (χ0) is 24.5. The lowest BCUT2D eigenvalue weighted by Gasteiger charge is -2.25. The van der Waals surface area contributed by atoms with Crippen molar-refractivity contribution in [3.05, 3.63) is 76.7 Å². The van der Waals surface area contributed by atoms with Gasteiger partial charge in [-0.2, -0.15) is 0 Å². The lowest BCUT2D eigenvalue weighted by molar-refractivity contribution is -0.712. The number of oxime groups is 1. The van der Waals surface area contributed by atoms with Gasteiger partial charge in [-0.1, -0.05) is 83.2 Å². The molecule has 2 N–H and O–H groups in total. The van der Waals surface area contributed by atoms with Gasteiger partial charge in [-0.25, -0.2) is 8.97 Å². The molecule has 194 valence electrons. The number of nitrogens with one attached hydrogen (secondary N) is 1. The molecule has 0 spiro atoms. The average molecular weight is 582 g/mol. The Labute approximate surface area is 233 Å². The molecule has 0 amide bonds. The fourth-order valence-electron chi connectivity index (χ4n) is 6.31. The Hall–Kier alpha value is -2.57. The van der Waals surface area contributed by atoms with Crippen molar-refractivity contribution in [2.45, 2.75) is 76.3 Å². The Kier molecular flexibility index (Phi) is 8.06. The number of hydrogen-bond donors (Lipinski definition) is 2. The van der Waals surface area contributed by atoms with E-state index in [-0.39, 0.29) is 12.4 Å². The van der Waals surface area contributed by atoms with Gasteiger partial charge in [0.15, 0.2) is 11.2 Å². The molecule has 37 heavy (non-hydrogen) atoms. The number of pyridine rings is 1. The van der Waals surface area contributed by atoms with Gasteiger partial charge in [-0.15, -0.1) is 0 Å². The smallest absolute Gasteiger partial charge is 0.264 e. The fourth-order valence-corrected chi connectivity index (χ4v) is 6.58. The van der Waals surface area contributed by atoms with Gasteiger partial charge in [0.1, 0.15) is 0 Å². The molecule has 0 unspecified atom stereocenters. The third-order valence-electron chi connectivity index (χ3n) is 8.10. The first kappa shape index (κ1) is 26.1. The number of anilines is 1. The molecule has 2 aromatic heterocycles. The van der Waals surface area contributed by atoms with Crippen molar-refractivity contribution in [2.75, 3.05) is 5.32 Å². The second-order valence-corrected chi connectivity index (χ2v) is 11.3. The minimum Gasteiger partial charge on any atom is -1.00 e. The van der Waals surface area contributed by atoms with E-state index in [9.17, 15) is 5.21 Å². The van der Waals surface area contributed by atoms with Crippen molar-refractivity contribution in [3.63, 3.8) is 0 Å². The highest BCUT2D eigenvalue weighted by molar-refractivity contribution is 9.10. The third-order valence-corrected chi connectivity index (χ3v) is 8.63. The van der Waals surface area contributed by atoms with E-state index < -0.39 is 0 Å². The molecule has 0 radical (unpaired) electrons. The second kappa shape index (κ2) is 11.4. The maximum absolute atomic E-state index is 10.5. The summed E-state index contributed by atoms with van der Waals surface area (Å²) in [6.45, 7) is 0. The van der Waals surface area contributed by atoms with E-state index in [0.29, 0.717) is 17.8 Å². The highest BCUT2D eigenvalue weighted by Crippen LogP contribution is 2.34. The Morgan fingerprint density at radius 2 is 1.57 bits per heavy atom. The zero-order valence-corrected chi connectivity index (χ0v) is 23.4. The number of aromatic nitrogens is 2. The summed E-state index contributed by atoms with van der Waals surface area (Å²) in [5.41, 5.74) is 2.69. The fraction of sp³-hybridized carbons (Fsp3) is 0.400. The number of imidazole rings is 1. The summed E-state index contributed by atoms with van der Waals surface area (Å²) in [4.78, 5) is 0. The van der Waals surface area contributed by atoms with Crippen LogP contribution in [0.2, 0.25) is 0 Å². The zero-order valence-electron chi connectivity index (χ0n) is 21.0. The van der Waals surface area contributed by atoms with Crippen LogP contribution in [0.4, 0.5) is 5.82 Å². The van der Waals surface area contributed by atoms with Gasteiger partial charge in [-0.3, -0.25) is 5.32 Å². The summed E-state index contributed by atoms with van der Waals surface area (Å²) < 4.78 is 5.76. The molecule has 0 atom stereocenters. The van der Waals surface area contributed by atoms with E-state index in [4.69, 9.17) is 0 Å². The van der Waals surface area contributed by atoms with Gasteiger partial charge in [0.25, 0.3) is 11.6 Å². The summed E-state index contributed by atoms with van der Waals surface area (Å²) in [5.74, 6) is 2.13. The minimum absolute atomic E-state index is 0. The standard InChI is InChI=1S/C30H33BrN4O.ClH/c31-23-17-15-22(16-18-23)27(33-36)30-34-20-19-21-9-7-8-14-26(21)28(34)29(32-24-10-3-1-4-11-24)35(30)25-12-5-2-6-13-25;/h7-9,14-20,24-25,32H,1-6,10-13H2;1H. The van der Waals surface area contributed by atoms with Crippen LogP contribution in [0.5, 0.6) is 0 Å². The summed E-state index contributed by atoms with van der Waals surface area (Å²) in [6.07, 6.45) is 14.5. The Bertz CT molecular complexity index is 1400. The van der Waals surface area contributed by atoms with Gasteiger partial charge in [0.2, 0.25) is 0 Å². The van der Waals surface area contributed by atoms with Crippen LogP contribution in [0.3, 0.4) is 0 Å². The lowest BCUT2D eigenvalue weighted by atomic mass is 9.94. The van der Waals surface area contributed by atoms with E-state index in [1.165, 1.54) is 73.5 Å². The van der Waals surface area contributed by atoms with Crippen LogP contribution in [-0.2, 0) is 0 Å². The van der Waals surface area contributed by atoms with E-state index in [2.05, 4.69) is 71.9 Å². The summed E-state index contributed by atoms with van der Waals surface area (Å²) in [6, 6.07) is 19.7. The maximum Gasteiger partial charge on any atom is 0.264 e. The summed E-state index contributed by atoms with van der Waals surface area (Å²) in [7, 11) is 0. The van der Waals surface area contributed by atoms with E-state index in [1.54, 1.807) is 0 Å². The van der Waals surface area contributed by atoms with Crippen molar-refractivity contribution in [1.29, 1.82) is 0 Å². The van der Waals surface area contributed by atoms with Crippen LogP contribution < -0.4 is 22.3 Å². The molecule has 0 bridgehead atoms. The van der Waals surface area contributed by atoms with E-state index >= 15 is 0 Å². The van der Waals surface area contributed by atoms with Gasteiger partial charge < -0.3 is 17.6 Å². The third kappa shape index (κ3) is 4.98. The quantitative estimate of drug-likeness (QED) is 0.156. The van der Waals surface area contributed by atoms with Crippen molar-refractivity contribution in [3.8, 4) is 0 Å². The molecular formula is C30H34BrClN4O. The predicted molar refractivity (Wildman–Crippen MR) is 149 cm³/mol. The second-order valence-electron chi connectivity index (χ2n) is 10.4. The number of halogens is 2. The van der Waals surface area contributed by atoms with Crippen LogP contribution in [0.25, 0.3) is 16.3 Å². The molecule has 2 heterocycles. The molecular weight excluding hydrogens is 548 g/mol. The molecule has 0 saturated heterocycles. The molecule has 2 aromatic carbocycles. The van der Waals surface area contributed by atoms with Crippen molar-refractivity contribution in [2.24, 2.45) is 5.16 Å².